The van der Waals surface area contributed by atoms with E-state index in [1.807, 2.05) is 11.6 Å². The van der Waals surface area contributed by atoms with Gasteiger partial charge in [-0.2, -0.15) is 0 Å². The molecule has 0 atom stereocenters. The van der Waals surface area contributed by atoms with Crippen molar-refractivity contribution in [2.24, 2.45) is 4.99 Å². The van der Waals surface area contributed by atoms with Crippen LogP contribution in [0.3, 0.4) is 0 Å². The molecule has 124 valence electrons. The molecule has 0 aliphatic carbocycles. The fraction of sp³-hybridized carbons (Fsp3) is 0.471. The van der Waals surface area contributed by atoms with Crippen molar-refractivity contribution >= 4 is 5.96 Å². The number of aliphatic imine (C=N–C) groups is 1. The molecule has 0 unspecified atom stereocenters. The maximum absolute atomic E-state index is 4.69. The van der Waals surface area contributed by atoms with Gasteiger partial charge in [-0.3, -0.25) is 0 Å². The van der Waals surface area contributed by atoms with Gasteiger partial charge in [-0.1, -0.05) is 29.8 Å². The lowest BCUT2D eigenvalue weighted by Crippen LogP contribution is -2.38. The Bertz CT molecular complexity index is 629. The first-order valence-corrected chi connectivity index (χ1v) is 8.05. The lowest BCUT2D eigenvalue weighted by molar-refractivity contribution is 0.476. The van der Waals surface area contributed by atoms with E-state index in [0.29, 0.717) is 6.54 Å². The Morgan fingerprint density at radius 2 is 2.00 bits per heavy atom. The van der Waals surface area contributed by atoms with Crippen LogP contribution < -0.4 is 5.32 Å². The summed E-state index contributed by atoms with van der Waals surface area (Å²) in [5.74, 6) is 1.75. The fourth-order valence-corrected chi connectivity index (χ4v) is 2.32. The lowest BCUT2D eigenvalue weighted by Gasteiger charge is -2.22. The van der Waals surface area contributed by atoms with Gasteiger partial charge >= 0.3 is 0 Å². The van der Waals surface area contributed by atoms with Crippen LogP contribution in [0.5, 0.6) is 0 Å². The van der Waals surface area contributed by atoms with Crippen molar-refractivity contribution < 1.29 is 0 Å². The standard InChI is InChI=1S/C17H26N6/c1-5-18-17(19-11-16-21-20-13-23(16)6-2)22(4)12-15-9-7-14(3)8-10-15/h7-10,13H,5-6,11-12H2,1-4H3,(H,18,19). The quantitative estimate of drug-likeness (QED) is 0.656. The molecule has 1 aromatic carbocycles. The first-order chi connectivity index (χ1) is 11.1. The third-order valence-electron chi connectivity index (χ3n) is 3.64. The van der Waals surface area contributed by atoms with Crippen LogP contribution in [-0.2, 0) is 19.6 Å². The predicted molar refractivity (Wildman–Crippen MR) is 93.2 cm³/mol. The summed E-state index contributed by atoms with van der Waals surface area (Å²) in [4.78, 5) is 6.81. The highest BCUT2D eigenvalue weighted by Crippen LogP contribution is 2.06. The first-order valence-electron chi connectivity index (χ1n) is 8.05. The molecule has 1 aromatic heterocycles. The summed E-state index contributed by atoms with van der Waals surface area (Å²) >= 11 is 0. The molecule has 0 spiro atoms. The molecule has 0 amide bonds. The Labute approximate surface area is 138 Å². The number of aryl methyl sites for hydroxylation is 2. The van der Waals surface area contributed by atoms with Crippen LogP contribution in [0.15, 0.2) is 35.6 Å². The van der Waals surface area contributed by atoms with E-state index in [1.165, 1.54) is 11.1 Å². The van der Waals surface area contributed by atoms with Crippen LogP contribution in [0.25, 0.3) is 0 Å². The smallest absolute Gasteiger partial charge is 0.194 e. The predicted octanol–water partition coefficient (Wildman–Crippen LogP) is 2.20. The van der Waals surface area contributed by atoms with E-state index >= 15 is 0 Å². The molecule has 23 heavy (non-hydrogen) atoms. The average molecular weight is 314 g/mol. The van der Waals surface area contributed by atoms with Crippen molar-refractivity contribution in [2.45, 2.75) is 40.4 Å². The minimum Gasteiger partial charge on any atom is -0.357 e. The van der Waals surface area contributed by atoms with Crippen LogP contribution >= 0.6 is 0 Å². The molecular weight excluding hydrogens is 288 g/mol. The van der Waals surface area contributed by atoms with Gasteiger partial charge in [0.1, 0.15) is 12.9 Å². The van der Waals surface area contributed by atoms with Gasteiger partial charge in [-0.25, -0.2) is 4.99 Å². The van der Waals surface area contributed by atoms with Gasteiger partial charge < -0.3 is 14.8 Å². The van der Waals surface area contributed by atoms with Crippen LogP contribution in [0.1, 0.15) is 30.8 Å². The normalized spacial score (nSPS) is 11.6. The summed E-state index contributed by atoms with van der Waals surface area (Å²) in [7, 11) is 2.05. The topological polar surface area (TPSA) is 58.3 Å². The highest BCUT2D eigenvalue weighted by Gasteiger charge is 2.08. The molecule has 0 saturated heterocycles. The van der Waals surface area contributed by atoms with Crippen molar-refractivity contribution in [3.05, 3.63) is 47.5 Å². The number of aromatic nitrogens is 3. The van der Waals surface area contributed by atoms with Crippen LogP contribution in [0.2, 0.25) is 0 Å². The maximum atomic E-state index is 4.69. The number of hydrogen-bond donors (Lipinski definition) is 1. The molecule has 1 N–H and O–H groups in total. The number of hydrogen-bond acceptors (Lipinski definition) is 3. The first kappa shape index (κ1) is 17.0. The van der Waals surface area contributed by atoms with E-state index in [1.54, 1.807) is 6.33 Å². The second-order valence-electron chi connectivity index (χ2n) is 5.55. The summed E-state index contributed by atoms with van der Waals surface area (Å²) in [5, 5.41) is 11.4. The van der Waals surface area contributed by atoms with Crippen molar-refractivity contribution in [1.82, 2.24) is 25.0 Å². The maximum Gasteiger partial charge on any atom is 0.194 e. The highest BCUT2D eigenvalue weighted by atomic mass is 15.3. The summed E-state index contributed by atoms with van der Waals surface area (Å²) in [6.45, 7) is 9.27. The van der Waals surface area contributed by atoms with Gasteiger partial charge in [0.15, 0.2) is 11.8 Å². The zero-order valence-electron chi connectivity index (χ0n) is 14.5. The second-order valence-corrected chi connectivity index (χ2v) is 5.55. The van der Waals surface area contributed by atoms with E-state index < -0.39 is 0 Å². The van der Waals surface area contributed by atoms with Crippen LogP contribution in [0, 0.1) is 6.92 Å². The highest BCUT2D eigenvalue weighted by molar-refractivity contribution is 5.79. The molecule has 0 fully saturated rings. The lowest BCUT2D eigenvalue weighted by atomic mass is 10.1. The fourth-order valence-electron chi connectivity index (χ4n) is 2.32. The third kappa shape index (κ3) is 4.81. The molecule has 2 rings (SSSR count). The third-order valence-corrected chi connectivity index (χ3v) is 3.64. The molecular formula is C17H26N6. The van der Waals surface area contributed by atoms with E-state index in [-0.39, 0.29) is 0 Å². The SMILES string of the molecule is CCNC(=NCc1nncn1CC)N(C)Cc1ccc(C)cc1. The van der Waals surface area contributed by atoms with Gasteiger partial charge in [0, 0.05) is 26.7 Å². The minimum absolute atomic E-state index is 0.522. The molecule has 0 radical (unpaired) electrons. The Morgan fingerprint density at radius 3 is 2.65 bits per heavy atom. The van der Waals surface area contributed by atoms with E-state index in [0.717, 1.165) is 31.4 Å². The molecule has 6 nitrogen and oxygen atoms in total. The summed E-state index contributed by atoms with van der Waals surface area (Å²) in [6.07, 6.45) is 1.74. The van der Waals surface area contributed by atoms with Crippen molar-refractivity contribution in [1.29, 1.82) is 0 Å². The molecule has 0 aliphatic heterocycles. The molecule has 2 aromatic rings. The number of nitrogens with zero attached hydrogens (tertiary/aromatic N) is 5. The zero-order valence-corrected chi connectivity index (χ0v) is 14.5. The largest absolute Gasteiger partial charge is 0.357 e. The van der Waals surface area contributed by atoms with Gasteiger partial charge in [-0.05, 0) is 26.3 Å². The van der Waals surface area contributed by atoms with Crippen LogP contribution in [0.4, 0.5) is 0 Å². The summed E-state index contributed by atoms with van der Waals surface area (Å²) in [5.41, 5.74) is 2.54. The average Bonchev–Trinajstić information content (AvgIpc) is 3.01. The summed E-state index contributed by atoms with van der Waals surface area (Å²) < 4.78 is 2.01. The molecule has 0 aliphatic rings. The van der Waals surface area contributed by atoms with Crippen molar-refractivity contribution in [3.8, 4) is 0 Å². The monoisotopic (exact) mass is 314 g/mol. The van der Waals surface area contributed by atoms with E-state index in [9.17, 15) is 0 Å². The Morgan fingerprint density at radius 1 is 1.26 bits per heavy atom. The minimum atomic E-state index is 0.522. The van der Waals surface area contributed by atoms with Crippen LogP contribution in [-0.4, -0.2) is 39.2 Å². The number of benzene rings is 1. The van der Waals surface area contributed by atoms with Gasteiger partial charge in [0.2, 0.25) is 0 Å². The Balaban J connectivity index is 2.06. The molecule has 1 heterocycles. The number of rotatable bonds is 6. The number of guanidine groups is 1. The Kier molecular flexibility index (Phi) is 6.14. The molecule has 0 bridgehead atoms. The molecule has 0 saturated carbocycles. The number of nitrogens with one attached hydrogen (secondary N) is 1. The second kappa shape index (κ2) is 8.31. The zero-order chi connectivity index (χ0) is 16.7. The van der Waals surface area contributed by atoms with Gasteiger partial charge in [0.05, 0.1) is 0 Å². The Hall–Kier alpha value is -2.37. The summed E-state index contributed by atoms with van der Waals surface area (Å²) in [6, 6.07) is 8.58. The van der Waals surface area contributed by atoms with E-state index in [2.05, 4.69) is 70.4 Å². The molecule has 6 heteroatoms. The van der Waals surface area contributed by atoms with Gasteiger partial charge in [-0.15, -0.1) is 10.2 Å². The van der Waals surface area contributed by atoms with Crippen molar-refractivity contribution in [2.75, 3.05) is 13.6 Å². The van der Waals surface area contributed by atoms with Crippen molar-refractivity contribution in [3.63, 3.8) is 0 Å². The van der Waals surface area contributed by atoms with E-state index in [4.69, 9.17) is 0 Å². The van der Waals surface area contributed by atoms with Gasteiger partial charge in [0.25, 0.3) is 0 Å².